The largest absolute Gasteiger partial charge is 0.496 e. The van der Waals surface area contributed by atoms with Gasteiger partial charge in [-0.3, -0.25) is 10.3 Å². The van der Waals surface area contributed by atoms with Gasteiger partial charge in [0.25, 0.3) is 0 Å². The average Bonchev–Trinajstić information content (AvgIpc) is 2.72. The molecule has 2 amide bonds. The molecule has 3 aromatic heterocycles. The minimum Gasteiger partial charge on any atom is -0.496 e. The second-order valence-electron chi connectivity index (χ2n) is 6.18. The van der Waals surface area contributed by atoms with Crippen LogP contribution in [0.25, 0.3) is 11.0 Å². The molecule has 0 unspecified atom stereocenters. The van der Waals surface area contributed by atoms with Crippen molar-refractivity contribution in [2.45, 2.75) is 0 Å². The van der Waals surface area contributed by atoms with Gasteiger partial charge in [0.05, 0.1) is 30.9 Å². The molecule has 30 heavy (non-hydrogen) atoms. The number of carbonyl (C=O) groups excluding carboxylic acids is 1. The van der Waals surface area contributed by atoms with E-state index in [0.717, 1.165) is 0 Å². The van der Waals surface area contributed by atoms with Crippen molar-refractivity contribution in [3.8, 4) is 11.6 Å². The van der Waals surface area contributed by atoms with E-state index in [9.17, 15) is 13.2 Å². The molecule has 0 spiro atoms. The van der Waals surface area contributed by atoms with Gasteiger partial charge < -0.3 is 14.4 Å². The van der Waals surface area contributed by atoms with Crippen molar-refractivity contribution in [2.75, 3.05) is 42.8 Å². The third kappa shape index (κ3) is 4.33. The number of nitrogens with one attached hydrogen (secondary N) is 1. The van der Waals surface area contributed by atoms with Crippen molar-refractivity contribution in [3.63, 3.8) is 0 Å². The van der Waals surface area contributed by atoms with Gasteiger partial charge in [0.1, 0.15) is 11.6 Å². The van der Waals surface area contributed by atoms with E-state index in [4.69, 9.17) is 9.47 Å². The first-order valence-electron chi connectivity index (χ1n) is 8.62. The molecule has 0 aliphatic heterocycles. The van der Waals surface area contributed by atoms with Crippen molar-refractivity contribution in [1.82, 2.24) is 15.0 Å². The average molecular weight is 432 g/mol. The number of hydrogen-bond donors (Lipinski definition) is 2. The van der Waals surface area contributed by atoms with Crippen LogP contribution in [0, 0.1) is 0 Å². The van der Waals surface area contributed by atoms with E-state index in [0.29, 0.717) is 26.8 Å². The van der Waals surface area contributed by atoms with Gasteiger partial charge in [-0.05, 0) is 18.2 Å². The number of aromatic nitrogens is 3. The third-order valence-electron chi connectivity index (χ3n) is 4.04. The summed E-state index contributed by atoms with van der Waals surface area (Å²) in [6.45, 7) is 0. The molecule has 0 aliphatic rings. The molecule has 0 radical (unpaired) electrons. The van der Waals surface area contributed by atoms with Crippen molar-refractivity contribution in [2.24, 2.45) is 0 Å². The molecule has 3 rings (SSSR count). The first-order valence-corrected chi connectivity index (χ1v) is 9.75. The number of rotatable bonds is 6. The van der Waals surface area contributed by atoms with E-state index in [2.05, 4.69) is 20.3 Å². The van der Waals surface area contributed by atoms with Crippen molar-refractivity contribution in [3.05, 3.63) is 36.5 Å². The summed E-state index contributed by atoms with van der Waals surface area (Å²) in [5.74, 6) is 0.543. The Kier molecular flexibility index (Phi) is 6.16. The lowest BCUT2D eigenvalue weighted by Gasteiger charge is -2.22. The monoisotopic (exact) mass is 432 g/mol. The zero-order chi connectivity index (χ0) is 21.8. The number of thiol groups is 1. The van der Waals surface area contributed by atoms with E-state index in [1.54, 1.807) is 43.4 Å². The van der Waals surface area contributed by atoms with Crippen LogP contribution in [-0.2, 0) is 10.9 Å². The zero-order valence-corrected chi connectivity index (χ0v) is 17.6. The Bertz CT molecular complexity index is 1140. The van der Waals surface area contributed by atoms with E-state index in [1.807, 2.05) is 0 Å². The molecule has 0 saturated carbocycles. The fraction of sp³-hybridized carbons (Fsp3) is 0.222. The topological polar surface area (TPSA) is 127 Å². The van der Waals surface area contributed by atoms with Gasteiger partial charge in [-0.25, -0.2) is 18.2 Å². The van der Waals surface area contributed by atoms with Crippen LogP contribution in [0.1, 0.15) is 0 Å². The Hall–Kier alpha value is -3.67. The van der Waals surface area contributed by atoms with Gasteiger partial charge in [0, 0.05) is 32.4 Å². The number of pyridine rings is 3. The maximum Gasteiger partial charge on any atom is 0.342 e. The highest BCUT2D eigenvalue weighted by atomic mass is 32.2. The Morgan fingerprint density at radius 3 is 2.47 bits per heavy atom. The summed E-state index contributed by atoms with van der Waals surface area (Å²) in [6, 6.07) is 6.98. The molecule has 11 nitrogen and oxygen atoms in total. The van der Waals surface area contributed by atoms with Crippen LogP contribution in [0.4, 0.5) is 22.1 Å². The first kappa shape index (κ1) is 21.0. The van der Waals surface area contributed by atoms with Crippen LogP contribution in [0.3, 0.4) is 0 Å². The SMILES string of the molecule is COc1cc(NC(=O)N(c2nc3cccnc3cc2N(C)C)[SH](=O)=O)nc(OC)c1. The van der Waals surface area contributed by atoms with Gasteiger partial charge >= 0.3 is 6.03 Å². The number of carbonyl (C=O) groups is 1. The number of anilines is 3. The van der Waals surface area contributed by atoms with E-state index >= 15 is 0 Å². The van der Waals surface area contributed by atoms with Gasteiger partial charge in [-0.1, -0.05) is 0 Å². The molecule has 0 atom stereocenters. The van der Waals surface area contributed by atoms with Gasteiger partial charge in [0.2, 0.25) is 16.8 Å². The standard InChI is InChI=1S/C18H20N6O5S/c1-23(2)14-10-13-12(6-5-7-19-13)20-17(14)24(30(26)27)18(25)22-15-8-11(28-3)9-16(21-15)29-4/h5-10,30H,1-4H3,(H,21,22,25). The smallest absolute Gasteiger partial charge is 0.342 e. The number of hydrogen-bond acceptors (Lipinski definition) is 9. The lowest BCUT2D eigenvalue weighted by Crippen LogP contribution is -2.35. The number of amides is 2. The molecule has 3 heterocycles. The Morgan fingerprint density at radius 1 is 1.07 bits per heavy atom. The third-order valence-corrected chi connectivity index (χ3v) is 4.74. The van der Waals surface area contributed by atoms with Crippen LogP contribution in [0.2, 0.25) is 0 Å². The number of nitrogens with zero attached hydrogens (tertiary/aromatic N) is 5. The Morgan fingerprint density at radius 2 is 1.83 bits per heavy atom. The highest BCUT2D eigenvalue weighted by Crippen LogP contribution is 2.30. The number of fused-ring (bicyclic) bond motifs is 1. The van der Waals surface area contributed by atoms with E-state index in [1.165, 1.54) is 26.4 Å². The lowest BCUT2D eigenvalue weighted by atomic mass is 10.2. The molecule has 0 aliphatic carbocycles. The van der Waals surface area contributed by atoms with Crippen molar-refractivity contribution < 1.29 is 22.7 Å². The number of urea groups is 1. The maximum atomic E-state index is 12.9. The minimum atomic E-state index is -3.37. The predicted molar refractivity (Wildman–Crippen MR) is 113 cm³/mol. The summed E-state index contributed by atoms with van der Waals surface area (Å²) in [5.41, 5.74) is 1.39. The predicted octanol–water partition coefficient (Wildman–Crippen LogP) is 1.67. The lowest BCUT2D eigenvalue weighted by molar-refractivity contribution is 0.259. The van der Waals surface area contributed by atoms with Gasteiger partial charge in [0.15, 0.2) is 5.82 Å². The number of ether oxygens (including phenoxy) is 2. The van der Waals surface area contributed by atoms with Crippen molar-refractivity contribution in [1.29, 1.82) is 0 Å². The highest BCUT2D eigenvalue weighted by Gasteiger charge is 2.25. The Balaban J connectivity index is 2.06. The summed E-state index contributed by atoms with van der Waals surface area (Å²) < 4.78 is 34.8. The highest BCUT2D eigenvalue weighted by molar-refractivity contribution is 7.75. The summed E-state index contributed by atoms with van der Waals surface area (Å²) in [5, 5.41) is 2.44. The fourth-order valence-electron chi connectivity index (χ4n) is 2.64. The molecule has 0 saturated heterocycles. The van der Waals surface area contributed by atoms with E-state index in [-0.39, 0.29) is 17.5 Å². The molecule has 12 heteroatoms. The molecule has 0 aromatic carbocycles. The number of methoxy groups -OCH3 is 2. The minimum absolute atomic E-state index is 0.0481. The summed E-state index contributed by atoms with van der Waals surface area (Å²) in [7, 11) is 2.89. The normalized spacial score (nSPS) is 10.7. The van der Waals surface area contributed by atoms with Crippen LogP contribution in [0.15, 0.2) is 36.5 Å². The Labute approximate surface area is 174 Å². The first-order chi connectivity index (χ1) is 14.3. The summed E-state index contributed by atoms with van der Waals surface area (Å²) in [4.78, 5) is 27.2. The molecule has 3 aromatic rings. The van der Waals surface area contributed by atoms with Crippen LogP contribution < -0.4 is 24.0 Å². The van der Waals surface area contributed by atoms with E-state index < -0.39 is 16.9 Å². The van der Waals surface area contributed by atoms with Crippen LogP contribution >= 0.6 is 0 Å². The second kappa shape index (κ2) is 8.78. The van der Waals surface area contributed by atoms with Gasteiger partial charge in [-0.2, -0.15) is 9.29 Å². The molecular formula is C18H20N6O5S. The summed E-state index contributed by atoms with van der Waals surface area (Å²) >= 11 is 0. The van der Waals surface area contributed by atoms with Crippen molar-refractivity contribution >= 4 is 45.3 Å². The fourth-order valence-corrected chi connectivity index (χ4v) is 3.14. The second-order valence-corrected chi connectivity index (χ2v) is 7.06. The molecular weight excluding hydrogens is 412 g/mol. The summed E-state index contributed by atoms with van der Waals surface area (Å²) in [6.07, 6.45) is 1.60. The van der Waals surface area contributed by atoms with Crippen LogP contribution in [0.5, 0.6) is 11.6 Å². The maximum absolute atomic E-state index is 12.9. The zero-order valence-electron chi connectivity index (χ0n) is 16.7. The molecule has 1 N–H and O–H groups in total. The van der Waals surface area contributed by atoms with Crippen LogP contribution in [-0.4, -0.2) is 57.7 Å². The molecule has 158 valence electrons. The molecule has 0 fully saturated rings. The molecule has 0 bridgehead atoms. The quantitative estimate of drug-likeness (QED) is 0.559. The van der Waals surface area contributed by atoms with Gasteiger partial charge in [-0.15, -0.1) is 0 Å².